The zero-order chi connectivity index (χ0) is 15.2. The number of amides is 2. The van der Waals surface area contributed by atoms with Crippen molar-refractivity contribution in [1.82, 2.24) is 5.32 Å². The molecule has 0 unspecified atom stereocenters. The first-order valence-corrected chi connectivity index (χ1v) is 8.48. The van der Waals surface area contributed by atoms with Gasteiger partial charge in [-0.15, -0.1) is 0 Å². The molecule has 0 aromatic heterocycles. The Bertz CT molecular complexity index is 525. The van der Waals surface area contributed by atoms with Crippen LogP contribution in [0, 0.1) is 16.4 Å². The molecule has 0 spiro atoms. The number of benzene rings is 1. The second kappa shape index (κ2) is 7.77. The van der Waals surface area contributed by atoms with Gasteiger partial charge >= 0.3 is 0 Å². The van der Waals surface area contributed by atoms with Gasteiger partial charge in [-0.05, 0) is 60.1 Å². The number of rotatable bonds is 5. The monoisotopic (exact) mass is 400 g/mol. The number of carbonyl (C=O) groups excluding carboxylic acids is 2. The fourth-order valence-corrected chi connectivity index (χ4v) is 3.04. The largest absolute Gasteiger partial charge is 0.355 e. The van der Waals surface area contributed by atoms with Crippen molar-refractivity contribution in [2.24, 2.45) is 5.92 Å². The summed E-state index contributed by atoms with van der Waals surface area (Å²) in [7, 11) is 0. The SMILES string of the molecule is Cc1ccc(NC(=O)CCNC(=O)C2CCCC2)cc1I. The minimum Gasteiger partial charge on any atom is -0.355 e. The quantitative estimate of drug-likeness (QED) is 0.746. The van der Waals surface area contributed by atoms with Crippen molar-refractivity contribution in [3.05, 3.63) is 27.3 Å². The molecule has 2 N–H and O–H groups in total. The first-order valence-electron chi connectivity index (χ1n) is 7.40. The summed E-state index contributed by atoms with van der Waals surface area (Å²) in [5.41, 5.74) is 1.99. The van der Waals surface area contributed by atoms with E-state index >= 15 is 0 Å². The van der Waals surface area contributed by atoms with E-state index in [4.69, 9.17) is 0 Å². The molecular formula is C16H21IN2O2. The van der Waals surface area contributed by atoms with Crippen LogP contribution in [0.2, 0.25) is 0 Å². The number of hydrogen-bond acceptors (Lipinski definition) is 2. The second-order valence-corrected chi connectivity index (χ2v) is 6.70. The molecule has 0 atom stereocenters. The molecule has 4 nitrogen and oxygen atoms in total. The van der Waals surface area contributed by atoms with Gasteiger partial charge in [0.2, 0.25) is 11.8 Å². The molecule has 0 heterocycles. The molecule has 2 amide bonds. The summed E-state index contributed by atoms with van der Waals surface area (Å²) in [5.74, 6) is 0.193. The van der Waals surface area contributed by atoms with Crippen molar-refractivity contribution < 1.29 is 9.59 Å². The van der Waals surface area contributed by atoms with Gasteiger partial charge in [0.15, 0.2) is 0 Å². The molecule has 114 valence electrons. The third kappa shape index (κ3) is 4.98. The first kappa shape index (κ1) is 16.3. The Morgan fingerprint density at radius 2 is 2.00 bits per heavy atom. The van der Waals surface area contributed by atoms with Crippen LogP contribution in [0.25, 0.3) is 0 Å². The molecule has 1 saturated carbocycles. The summed E-state index contributed by atoms with van der Waals surface area (Å²) in [6, 6.07) is 5.83. The second-order valence-electron chi connectivity index (χ2n) is 5.53. The molecule has 2 rings (SSSR count). The number of aryl methyl sites for hydroxylation is 1. The highest BCUT2D eigenvalue weighted by Crippen LogP contribution is 2.24. The summed E-state index contributed by atoms with van der Waals surface area (Å²) in [6.45, 7) is 2.44. The van der Waals surface area contributed by atoms with Crippen LogP contribution >= 0.6 is 22.6 Å². The maximum Gasteiger partial charge on any atom is 0.226 e. The van der Waals surface area contributed by atoms with E-state index < -0.39 is 0 Å². The van der Waals surface area contributed by atoms with Crippen LogP contribution in [0.15, 0.2) is 18.2 Å². The van der Waals surface area contributed by atoms with Crippen molar-refractivity contribution in [1.29, 1.82) is 0 Å². The summed E-state index contributed by atoms with van der Waals surface area (Å²) in [4.78, 5) is 23.7. The molecular weight excluding hydrogens is 379 g/mol. The van der Waals surface area contributed by atoms with Crippen LogP contribution in [-0.2, 0) is 9.59 Å². The number of carbonyl (C=O) groups is 2. The van der Waals surface area contributed by atoms with Crippen LogP contribution in [0.3, 0.4) is 0 Å². The van der Waals surface area contributed by atoms with Crippen LogP contribution in [0.4, 0.5) is 5.69 Å². The van der Waals surface area contributed by atoms with E-state index in [9.17, 15) is 9.59 Å². The van der Waals surface area contributed by atoms with E-state index in [2.05, 4.69) is 33.2 Å². The highest BCUT2D eigenvalue weighted by molar-refractivity contribution is 14.1. The third-order valence-electron chi connectivity index (χ3n) is 3.83. The Labute approximate surface area is 139 Å². The lowest BCUT2D eigenvalue weighted by atomic mass is 10.1. The van der Waals surface area contributed by atoms with Crippen molar-refractivity contribution in [3.63, 3.8) is 0 Å². The Kier molecular flexibility index (Phi) is 6.02. The Morgan fingerprint density at radius 1 is 1.29 bits per heavy atom. The van der Waals surface area contributed by atoms with E-state index in [1.807, 2.05) is 25.1 Å². The fraction of sp³-hybridized carbons (Fsp3) is 0.500. The molecule has 1 aliphatic carbocycles. The van der Waals surface area contributed by atoms with E-state index in [1.54, 1.807) is 0 Å². The summed E-state index contributed by atoms with van der Waals surface area (Å²) < 4.78 is 1.12. The van der Waals surface area contributed by atoms with Crippen LogP contribution < -0.4 is 10.6 Å². The molecule has 1 aliphatic rings. The van der Waals surface area contributed by atoms with Crippen molar-refractivity contribution in [3.8, 4) is 0 Å². The predicted octanol–water partition coefficient (Wildman–Crippen LogP) is 3.23. The highest BCUT2D eigenvalue weighted by atomic mass is 127. The molecule has 0 aliphatic heterocycles. The smallest absolute Gasteiger partial charge is 0.226 e. The molecule has 0 bridgehead atoms. The summed E-state index contributed by atoms with van der Waals surface area (Å²) in [6.07, 6.45) is 4.57. The topological polar surface area (TPSA) is 58.2 Å². The fourth-order valence-electron chi connectivity index (χ4n) is 2.53. The lowest BCUT2D eigenvalue weighted by Gasteiger charge is -2.10. The van der Waals surface area contributed by atoms with Crippen LogP contribution in [-0.4, -0.2) is 18.4 Å². The summed E-state index contributed by atoms with van der Waals surface area (Å²) >= 11 is 2.25. The third-order valence-corrected chi connectivity index (χ3v) is 5.00. The van der Waals surface area contributed by atoms with E-state index in [0.29, 0.717) is 13.0 Å². The predicted molar refractivity (Wildman–Crippen MR) is 92.1 cm³/mol. The van der Waals surface area contributed by atoms with E-state index in [-0.39, 0.29) is 17.7 Å². The van der Waals surface area contributed by atoms with Crippen molar-refractivity contribution >= 4 is 40.1 Å². The maximum atomic E-state index is 11.8. The van der Waals surface area contributed by atoms with Crippen LogP contribution in [0.1, 0.15) is 37.7 Å². The highest BCUT2D eigenvalue weighted by Gasteiger charge is 2.22. The molecule has 1 aromatic rings. The molecule has 0 radical (unpaired) electrons. The first-order chi connectivity index (χ1) is 10.1. The van der Waals surface area contributed by atoms with Crippen molar-refractivity contribution in [2.75, 3.05) is 11.9 Å². The van der Waals surface area contributed by atoms with E-state index in [1.165, 1.54) is 5.56 Å². The van der Waals surface area contributed by atoms with Gasteiger partial charge in [0.25, 0.3) is 0 Å². The van der Waals surface area contributed by atoms with E-state index in [0.717, 1.165) is 34.9 Å². The molecule has 0 saturated heterocycles. The van der Waals surface area contributed by atoms with Crippen LogP contribution in [0.5, 0.6) is 0 Å². The van der Waals surface area contributed by atoms with Gasteiger partial charge in [0.05, 0.1) is 0 Å². The average Bonchev–Trinajstić information content (AvgIpc) is 2.97. The molecule has 21 heavy (non-hydrogen) atoms. The van der Waals surface area contributed by atoms with Gasteiger partial charge in [0, 0.05) is 28.1 Å². The summed E-state index contributed by atoms with van der Waals surface area (Å²) in [5, 5.41) is 5.72. The van der Waals surface area contributed by atoms with Gasteiger partial charge in [-0.1, -0.05) is 18.9 Å². The zero-order valence-corrected chi connectivity index (χ0v) is 14.4. The standard InChI is InChI=1S/C16H21IN2O2/c1-11-6-7-13(10-14(11)17)19-15(20)8-9-18-16(21)12-4-2-3-5-12/h6-7,10,12H,2-5,8-9H2,1H3,(H,18,21)(H,19,20). The molecule has 1 fully saturated rings. The van der Waals surface area contributed by atoms with Gasteiger partial charge < -0.3 is 10.6 Å². The minimum absolute atomic E-state index is 0.0682. The van der Waals surface area contributed by atoms with Gasteiger partial charge in [-0.2, -0.15) is 0 Å². The molecule has 5 heteroatoms. The van der Waals surface area contributed by atoms with Gasteiger partial charge in [-0.3, -0.25) is 9.59 Å². The van der Waals surface area contributed by atoms with Crippen molar-refractivity contribution in [2.45, 2.75) is 39.0 Å². The number of anilines is 1. The Hall–Kier alpha value is -1.11. The average molecular weight is 400 g/mol. The van der Waals surface area contributed by atoms with Gasteiger partial charge in [0.1, 0.15) is 0 Å². The number of hydrogen-bond donors (Lipinski definition) is 2. The molecule has 1 aromatic carbocycles. The normalized spacial score (nSPS) is 15.0. The van der Waals surface area contributed by atoms with Gasteiger partial charge in [-0.25, -0.2) is 0 Å². The maximum absolute atomic E-state index is 11.8. The minimum atomic E-state index is -0.0682. The lowest BCUT2D eigenvalue weighted by Crippen LogP contribution is -2.32. The Balaban J connectivity index is 1.71. The number of nitrogens with one attached hydrogen (secondary N) is 2. The number of halogens is 1. The zero-order valence-electron chi connectivity index (χ0n) is 12.2. The Morgan fingerprint density at radius 3 is 2.67 bits per heavy atom. The lowest BCUT2D eigenvalue weighted by molar-refractivity contribution is -0.124.